The SMILES string of the molecule is O=C(CNC(=O)c1ccoc1)NCCNc1ccc([N+](=O)[O-])cc1. The quantitative estimate of drug-likeness (QED) is 0.378. The molecule has 1 heterocycles. The number of non-ortho nitro benzene ring substituents is 1. The number of nitrogens with zero attached hydrogens (tertiary/aromatic N) is 1. The van der Waals surface area contributed by atoms with E-state index in [-0.39, 0.29) is 24.0 Å². The molecule has 0 aliphatic rings. The Labute approximate surface area is 137 Å². The smallest absolute Gasteiger partial charge is 0.269 e. The summed E-state index contributed by atoms with van der Waals surface area (Å²) >= 11 is 0. The predicted octanol–water partition coefficient (Wildman–Crippen LogP) is 1.15. The highest BCUT2D eigenvalue weighted by atomic mass is 16.6. The Balaban J connectivity index is 1.62. The molecule has 0 saturated heterocycles. The van der Waals surface area contributed by atoms with Crippen LogP contribution in [0.3, 0.4) is 0 Å². The van der Waals surface area contributed by atoms with Crippen LogP contribution < -0.4 is 16.0 Å². The summed E-state index contributed by atoms with van der Waals surface area (Å²) in [5.74, 6) is -0.708. The molecule has 0 saturated carbocycles. The zero-order chi connectivity index (χ0) is 17.4. The van der Waals surface area contributed by atoms with Crippen molar-refractivity contribution in [2.45, 2.75) is 0 Å². The van der Waals surface area contributed by atoms with Gasteiger partial charge in [-0.1, -0.05) is 0 Å². The van der Waals surface area contributed by atoms with Crippen LogP contribution >= 0.6 is 0 Å². The normalized spacial score (nSPS) is 10.0. The van der Waals surface area contributed by atoms with E-state index < -0.39 is 4.92 Å². The van der Waals surface area contributed by atoms with E-state index in [0.717, 1.165) is 0 Å². The minimum absolute atomic E-state index is 0.0159. The first-order chi connectivity index (χ1) is 11.6. The molecule has 2 amide bonds. The van der Waals surface area contributed by atoms with Crippen LogP contribution in [0.4, 0.5) is 11.4 Å². The third-order valence-corrected chi connectivity index (χ3v) is 3.05. The standard InChI is InChI=1S/C15H16N4O5/c20-14(9-18-15(21)11-5-8-24-10-11)17-7-6-16-12-1-3-13(4-2-12)19(22)23/h1-5,8,10,16H,6-7,9H2,(H,17,20)(H,18,21). The first-order valence-electron chi connectivity index (χ1n) is 7.11. The second-order valence-electron chi connectivity index (χ2n) is 4.78. The number of hydrogen-bond acceptors (Lipinski definition) is 6. The molecule has 0 radical (unpaired) electrons. The number of carbonyl (C=O) groups excluding carboxylic acids is 2. The molecule has 0 aliphatic heterocycles. The summed E-state index contributed by atoms with van der Waals surface area (Å²) in [5.41, 5.74) is 1.08. The summed E-state index contributed by atoms with van der Waals surface area (Å²) in [5, 5.41) is 18.7. The maximum Gasteiger partial charge on any atom is 0.269 e. The lowest BCUT2D eigenvalue weighted by molar-refractivity contribution is -0.384. The lowest BCUT2D eigenvalue weighted by Crippen LogP contribution is -2.38. The molecular formula is C15H16N4O5. The van der Waals surface area contributed by atoms with Crippen LogP contribution in [0.15, 0.2) is 47.3 Å². The van der Waals surface area contributed by atoms with Crippen molar-refractivity contribution in [1.29, 1.82) is 0 Å². The zero-order valence-electron chi connectivity index (χ0n) is 12.7. The van der Waals surface area contributed by atoms with E-state index in [1.165, 1.54) is 30.7 Å². The summed E-state index contributed by atoms with van der Waals surface area (Å²) in [6.45, 7) is 0.651. The topological polar surface area (TPSA) is 127 Å². The van der Waals surface area contributed by atoms with Crippen molar-refractivity contribution in [2.75, 3.05) is 25.0 Å². The Bertz CT molecular complexity index is 697. The number of hydrogen-bond donors (Lipinski definition) is 3. The second-order valence-corrected chi connectivity index (χ2v) is 4.78. The number of benzene rings is 1. The molecule has 24 heavy (non-hydrogen) atoms. The number of rotatable bonds is 8. The summed E-state index contributed by atoms with van der Waals surface area (Å²) < 4.78 is 4.78. The molecule has 1 aromatic carbocycles. The van der Waals surface area contributed by atoms with Gasteiger partial charge in [0.25, 0.3) is 11.6 Å². The second kappa shape index (κ2) is 8.32. The van der Waals surface area contributed by atoms with E-state index in [9.17, 15) is 19.7 Å². The maximum absolute atomic E-state index is 11.6. The van der Waals surface area contributed by atoms with Crippen LogP contribution in [0.2, 0.25) is 0 Å². The molecule has 0 unspecified atom stereocenters. The van der Waals surface area contributed by atoms with Crippen LogP contribution in [0.1, 0.15) is 10.4 Å². The van der Waals surface area contributed by atoms with Gasteiger partial charge in [-0.05, 0) is 18.2 Å². The van der Waals surface area contributed by atoms with Gasteiger partial charge in [0.05, 0.1) is 23.3 Å². The van der Waals surface area contributed by atoms with Crippen molar-refractivity contribution in [3.63, 3.8) is 0 Å². The van der Waals surface area contributed by atoms with Gasteiger partial charge in [0, 0.05) is 30.9 Å². The molecular weight excluding hydrogens is 316 g/mol. The molecule has 0 fully saturated rings. The van der Waals surface area contributed by atoms with E-state index in [1.54, 1.807) is 12.1 Å². The lowest BCUT2D eigenvalue weighted by Gasteiger charge is -2.08. The molecule has 0 spiro atoms. The third-order valence-electron chi connectivity index (χ3n) is 3.05. The summed E-state index contributed by atoms with van der Waals surface area (Å²) in [7, 11) is 0. The highest BCUT2D eigenvalue weighted by Crippen LogP contribution is 2.14. The van der Waals surface area contributed by atoms with E-state index in [0.29, 0.717) is 24.3 Å². The Morgan fingerprint density at radius 1 is 1.08 bits per heavy atom. The van der Waals surface area contributed by atoms with Gasteiger partial charge in [-0.15, -0.1) is 0 Å². The van der Waals surface area contributed by atoms with Crippen molar-refractivity contribution < 1.29 is 18.9 Å². The number of nitro groups is 1. The lowest BCUT2D eigenvalue weighted by atomic mass is 10.3. The minimum Gasteiger partial charge on any atom is -0.472 e. The predicted molar refractivity (Wildman–Crippen MR) is 85.6 cm³/mol. The largest absolute Gasteiger partial charge is 0.472 e. The van der Waals surface area contributed by atoms with Gasteiger partial charge >= 0.3 is 0 Å². The molecule has 9 heteroatoms. The number of carbonyl (C=O) groups is 2. The van der Waals surface area contributed by atoms with Gasteiger partial charge in [0.2, 0.25) is 5.91 Å². The highest BCUT2D eigenvalue weighted by molar-refractivity contribution is 5.96. The van der Waals surface area contributed by atoms with Crippen LogP contribution in [0, 0.1) is 10.1 Å². The molecule has 126 valence electrons. The Kier molecular flexibility index (Phi) is 5.89. The van der Waals surface area contributed by atoms with E-state index in [1.807, 2.05) is 0 Å². The molecule has 2 rings (SSSR count). The first kappa shape index (κ1) is 17.0. The summed E-state index contributed by atoms with van der Waals surface area (Å²) in [6.07, 6.45) is 2.67. The Morgan fingerprint density at radius 2 is 1.83 bits per heavy atom. The van der Waals surface area contributed by atoms with Crippen molar-refractivity contribution in [3.8, 4) is 0 Å². The summed E-state index contributed by atoms with van der Waals surface area (Å²) in [6, 6.07) is 7.47. The number of anilines is 1. The summed E-state index contributed by atoms with van der Waals surface area (Å²) in [4.78, 5) is 33.2. The number of nitro benzene ring substituents is 1. The van der Waals surface area contributed by atoms with Gasteiger partial charge in [-0.25, -0.2) is 0 Å². The van der Waals surface area contributed by atoms with Crippen molar-refractivity contribution >= 4 is 23.2 Å². The van der Waals surface area contributed by atoms with Crippen LogP contribution in [0.25, 0.3) is 0 Å². The molecule has 2 aromatic rings. The van der Waals surface area contributed by atoms with Crippen molar-refractivity contribution in [1.82, 2.24) is 10.6 Å². The number of nitrogens with one attached hydrogen (secondary N) is 3. The first-order valence-corrected chi connectivity index (χ1v) is 7.11. The van der Waals surface area contributed by atoms with Crippen LogP contribution in [0.5, 0.6) is 0 Å². The van der Waals surface area contributed by atoms with Gasteiger partial charge in [-0.2, -0.15) is 0 Å². The van der Waals surface area contributed by atoms with Crippen molar-refractivity contribution in [2.24, 2.45) is 0 Å². The van der Waals surface area contributed by atoms with Gasteiger partial charge in [0.1, 0.15) is 6.26 Å². The van der Waals surface area contributed by atoms with Crippen molar-refractivity contribution in [3.05, 3.63) is 58.5 Å². The zero-order valence-corrected chi connectivity index (χ0v) is 12.7. The average molecular weight is 332 g/mol. The molecule has 0 atom stereocenters. The fourth-order valence-corrected chi connectivity index (χ4v) is 1.83. The molecule has 1 aromatic heterocycles. The van der Waals surface area contributed by atoms with Crippen LogP contribution in [-0.2, 0) is 4.79 Å². The molecule has 0 aliphatic carbocycles. The molecule has 3 N–H and O–H groups in total. The van der Waals surface area contributed by atoms with Gasteiger partial charge in [-0.3, -0.25) is 19.7 Å². The monoisotopic (exact) mass is 332 g/mol. The number of amides is 2. The van der Waals surface area contributed by atoms with E-state index in [4.69, 9.17) is 4.42 Å². The Hall–Kier alpha value is -3.36. The third kappa shape index (κ3) is 5.13. The average Bonchev–Trinajstić information content (AvgIpc) is 3.11. The van der Waals surface area contributed by atoms with Gasteiger partial charge in [0.15, 0.2) is 0 Å². The maximum atomic E-state index is 11.6. The Morgan fingerprint density at radius 3 is 2.46 bits per heavy atom. The van der Waals surface area contributed by atoms with E-state index >= 15 is 0 Å². The fraction of sp³-hybridized carbons (Fsp3) is 0.200. The van der Waals surface area contributed by atoms with Gasteiger partial charge < -0.3 is 20.4 Å². The van der Waals surface area contributed by atoms with Crippen LogP contribution in [-0.4, -0.2) is 36.4 Å². The molecule has 0 bridgehead atoms. The highest BCUT2D eigenvalue weighted by Gasteiger charge is 2.08. The minimum atomic E-state index is -0.470. The fourth-order valence-electron chi connectivity index (χ4n) is 1.83. The number of furan rings is 1. The molecule has 9 nitrogen and oxygen atoms in total. The van der Waals surface area contributed by atoms with E-state index in [2.05, 4.69) is 16.0 Å².